The fourth-order valence-corrected chi connectivity index (χ4v) is 1.29. The molecule has 0 heterocycles. The highest BCUT2D eigenvalue weighted by molar-refractivity contribution is 5.78. The molecule has 1 aliphatic rings. The maximum atomic E-state index is 11.4. The number of hydrogen-bond donors (Lipinski definition) is 2. The summed E-state index contributed by atoms with van der Waals surface area (Å²) in [7, 11) is 0. The smallest absolute Gasteiger partial charge is 0.222 e. The Balaban J connectivity index is 1.99. The van der Waals surface area contributed by atoms with E-state index in [2.05, 4.69) is 5.32 Å². The number of nitrogens with one attached hydrogen (secondary N) is 1. The largest absolute Gasteiger partial charge is 0.389 e. The normalized spacial score (nSPS) is 19.2. The number of aliphatic hydroxyl groups is 1. The molecule has 2 atom stereocenters. The monoisotopic (exact) mass is 229 g/mol. The molecule has 0 spiro atoms. The zero-order chi connectivity index (χ0) is 12.0. The zero-order valence-corrected chi connectivity index (χ0v) is 10.2. The molecule has 1 rings (SSSR count). The molecule has 0 aliphatic heterocycles. The predicted octanol–water partition coefficient (Wildman–Crippen LogP) is 0.936. The molecule has 0 saturated heterocycles. The Morgan fingerprint density at radius 3 is 2.81 bits per heavy atom. The van der Waals surface area contributed by atoms with Gasteiger partial charge in [0.25, 0.3) is 0 Å². The maximum absolute atomic E-state index is 11.4. The Labute approximate surface area is 97.4 Å². The first-order valence-corrected chi connectivity index (χ1v) is 6.17. The second-order valence-corrected chi connectivity index (χ2v) is 4.69. The first-order valence-electron chi connectivity index (χ1n) is 6.17. The fourth-order valence-electron chi connectivity index (χ4n) is 1.29. The minimum absolute atomic E-state index is 0.00347. The van der Waals surface area contributed by atoms with Gasteiger partial charge in [0, 0.05) is 19.1 Å². The first kappa shape index (κ1) is 13.5. The lowest BCUT2D eigenvalue weighted by Gasteiger charge is -2.14. The van der Waals surface area contributed by atoms with Gasteiger partial charge >= 0.3 is 0 Å². The van der Waals surface area contributed by atoms with Gasteiger partial charge in [-0.3, -0.25) is 4.79 Å². The van der Waals surface area contributed by atoms with Crippen LogP contribution in [0.15, 0.2) is 0 Å². The lowest BCUT2D eigenvalue weighted by atomic mass is 10.1. The number of aliphatic hydroxyl groups excluding tert-OH is 1. The predicted molar refractivity (Wildman–Crippen MR) is 62.0 cm³/mol. The Hall–Kier alpha value is -0.610. The van der Waals surface area contributed by atoms with E-state index in [1.54, 1.807) is 0 Å². The van der Waals surface area contributed by atoms with Crippen molar-refractivity contribution in [3.63, 3.8) is 0 Å². The molecule has 0 bridgehead atoms. The van der Waals surface area contributed by atoms with Crippen molar-refractivity contribution in [2.24, 2.45) is 11.8 Å². The molecule has 4 heteroatoms. The SMILES string of the molecule is CCC(C)C(=O)NCC(O)COCC1CC1. The third kappa shape index (κ3) is 5.47. The van der Waals surface area contributed by atoms with Gasteiger partial charge in [-0.25, -0.2) is 0 Å². The van der Waals surface area contributed by atoms with E-state index in [0.29, 0.717) is 12.5 Å². The molecule has 2 N–H and O–H groups in total. The van der Waals surface area contributed by atoms with Crippen molar-refractivity contribution < 1.29 is 14.6 Å². The van der Waals surface area contributed by atoms with E-state index < -0.39 is 6.10 Å². The number of rotatable bonds is 8. The lowest BCUT2D eigenvalue weighted by Crippen LogP contribution is -2.37. The average molecular weight is 229 g/mol. The van der Waals surface area contributed by atoms with Gasteiger partial charge in [-0.15, -0.1) is 0 Å². The maximum Gasteiger partial charge on any atom is 0.222 e. The Bertz CT molecular complexity index is 216. The van der Waals surface area contributed by atoms with Crippen LogP contribution >= 0.6 is 0 Å². The summed E-state index contributed by atoms with van der Waals surface area (Å²) >= 11 is 0. The van der Waals surface area contributed by atoms with E-state index in [9.17, 15) is 9.90 Å². The Morgan fingerprint density at radius 1 is 1.56 bits per heavy atom. The van der Waals surface area contributed by atoms with Gasteiger partial charge in [-0.2, -0.15) is 0 Å². The quantitative estimate of drug-likeness (QED) is 0.651. The first-order chi connectivity index (χ1) is 7.63. The van der Waals surface area contributed by atoms with Crippen LogP contribution in [0.1, 0.15) is 33.1 Å². The summed E-state index contributed by atoms with van der Waals surface area (Å²) in [5.41, 5.74) is 0. The minimum Gasteiger partial charge on any atom is -0.389 e. The van der Waals surface area contributed by atoms with Gasteiger partial charge in [0.1, 0.15) is 0 Å². The summed E-state index contributed by atoms with van der Waals surface area (Å²) in [6, 6.07) is 0. The van der Waals surface area contributed by atoms with Crippen molar-refractivity contribution in [1.29, 1.82) is 0 Å². The molecule has 0 aromatic carbocycles. The van der Waals surface area contributed by atoms with Crippen LogP contribution in [0, 0.1) is 11.8 Å². The van der Waals surface area contributed by atoms with Crippen LogP contribution in [0.3, 0.4) is 0 Å². The standard InChI is InChI=1S/C12H23NO3/c1-3-9(2)12(15)13-6-11(14)8-16-7-10-4-5-10/h9-11,14H,3-8H2,1-2H3,(H,13,15). The number of carbonyl (C=O) groups excluding carboxylic acids is 1. The summed E-state index contributed by atoms with van der Waals surface area (Å²) in [5, 5.41) is 12.3. The molecule has 0 radical (unpaired) electrons. The zero-order valence-electron chi connectivity index (χ0n) is 10.2. The number of amides is 1. The Morgan fingerprint density at radius 2 is 2.25 bits per heavy atom. The summed E-state index contributed by atoms with van der Waals surface area (Å²) in [4.78, 5) is 11.4. The van der Waals surface area contributed by atoms with Crippen molar-refractivity contribution in [2.45, 2.75) is 39.2 Å². The molecule has 4 nitrogen and oxygen atoms in total. The topological polar surface area (TPSA) is 58.6 Å². The van der Waals surface area contributed by atoms with Crippen LogP contribution in [-0.4, -0.2) is 36.9 Å². The third-order valence-corrected chi connectivity index (χ3v) is 2.93. The van der Waals surface area contributed by atoms with Crippen LogP contribution < -0.4 is 5.32 Å². The van der Waals surface area contributed by atoms with Crippen LogP contribution in [0.4, 0.5) is 0 Å². The van der Waals surface area contributed by atoms with Gasteiger partial charge in [-0.05, 0) is 25.2 Å². The minimum atomic E-state index is -0.591. The van der Waals surface area contributed by atoms with Crippen LogP contribution in [0.2, 0.25) is 0 Å². The molecule has 16 heavy (non-hydrogen) atoms. The molecule has 1 amide bonds. The van der Waals surface area contributed by atoms with E-state index in [-0.39, 0.29) is 18.4 Å². The van der Waals surface area contributed by atoms with E-state index in [0.717, 1.165) is 13.0 Å². The lowest BCUT2D eigenvalue weighted by molar-refractivity contribution is -0.125. The van der Waals surface area contributed by atoms with E-state index in [1.807, 2.05) is 13.8 Å². The van der Waals surface area contributed by atoms with Crippen LogP contribution in [0.25, 0.3) is 0 Å². The molecule has 0 aromatic heterocycles. The molecular formula is C12H23NO3. The van der Waals surface area contributed by atoms with Crippen molar-refractivity contribution in [3.8, 4) is 0 Å². The molecule has 1 fully saturated rings. The van der Waals surface area contributed by atoms with Gasteiger partial charge < -0.3 is 15.2 Å². The average Bonchev–Trinajstić information content (AvgIpc) is 3.08. The Kier molecular flexibility index (Phi) is 5.77. The molecule has 2 unspecified atom stereocenters. The van der Waals surface area contributed by atoms with Crippen molar-refractivity contribution >= 4 is 5.91 Å². The van der Waals surface area contributed by atoms with Crippen molar-refractivity contribution in [1.82, 2.24) is 5.32 Å². The molecule has 0 aromatic rings. The molecule has 94 valence electrons. The van der Waals surface area contributed by atoms with Crippen molar-refractivity contribution in [2.75, 3.05) is 19.8 Å². The van der Waals surface area contributed by atoms with E-state index in [4.69, 9.17) is 4.74 Å². The second-order valence-electron chi connectivity index (χ2n) is 4.69. The van der Waals surface area contributed by atoms with Gasteiger partial charge in [0.15, 0.2) is 0 Å². The van der Waals surface area contributed by atoms with Crippen LogP contribution in [0.5, 0.6) is 0 Å². The molecule has 1 saturated carbocycles. The highest BCUT2D eigenvalue weighted by Crippen LogP contribution is 2.28. The third-order valence-electron chi connectivity index (χ3n) is 2.93. The molecule has 1 aliphatic carbocycles. The molecular weight excluding hydrogens is 206 g/mol. The van der Waals surface area contributed by atoms with E-state index >= 15 is 0 Å². The van der Waals surface area contributed by atoms with Crippen molar-refractivity contribution in [3.05, 3.63) is 0 Å². The summed E-state index contributed by atoms with van der Waals surface area (Å²) in [5.74, 6) is 0.727. The van der Waals surface area contributed by atoms with Gasteiger partial charge in [0.05, 0.1) is 12.7 Å². The highest BCUT2D eigenvalue weighted by atomic mass is 16.5. The fraction of sp³-hybridized carbons (Fsp3) is 0.917. The number of carbonyl (C=O) groups is 1. The van der Waals surface area contributed by atoms with E-state index in [1.165, 1.54) is 12.8 Å². The second kappa shape index (κ2) is 6.86. The summed E-state index contributed by atoms with van der Waals surface area (Å²) in [6.07, 6.45) is 2.73. The summed E-state index contributed by atoms with van der Waals surface area (Å²) < 4.78 is 5.34. The van der Waals surface area contributed by atoms with Gasteiger partial charge in [-0.1, -0.05) is 13.8 Å². The summed E-state index contributed by atoms with van der Waals surface area (Å²) in [6.45, 7) is 5.20. The van der Waals surface area contributed by atoms with Crippen LogP contribution in [-0.2, 0) is 9.53 Å². The number of ether oxygens (including phenoxy) is 1. The van der Waals surface area contributed by atoms with Gasteiger partial charge in [0.2, 0.25) is 5.91 Å². The number of hydrogen-bond acceptors (Lipinski definition) is 3. The highest BCUT2D eigenvalue weighted by Gasteiger charge is 2.21.